The van der Waals surface area contributed by atoms with Gasteiger partial charge in [0, 0.05) is 6.54 Å². The number of nitrogens with two attached hydrogens (primary N) is 1. The van der Waals surface area contributed by atoms with Crippen LogP contribution >= 0.6 is 0 Å². The first-order valence-corrected chi connectivity index (χ1v) is 5.93. The largest absolute Gasteiger partial charge is 0.507 e. The SMILES string of the molecule is Cc1ccc(O)c(C(=O)NCCCCCN)c1. The van der Waals surface area contributed by atoms with Crippen molar-refractivity contribution in [1.82, 2.24) is 5.32 Å². The number of phenolic OH excluding ortho intramolecular Hbond substituents is 1. The molecule has 0 aliphatic heterocycles. The molecule has 94 valence electrons. The minimum atomic E-state index is -0.223. The number of hydrogen-bond donors (Lipinski definition) is 3. The molecule has 1 amide bonds. The second-order valence-electron chi connectivity index (χ2n) is 4.13. The van der Waals surface area contributed by atoms with Crippen molar-refractivity contribution in [1.29, 1.82) is 0 Å². The smallest absolute Gasteiger partial charge is 0.255 e. The highest BCUT2D eigenvalue weighted by Gasteiger charge is 2.10. The Morgan fingerprint density at radius 1 is 1.35 bits per heavy atom. The maximum Gasteiger partial charge on any atom is 0.255 e. The van der Waals surface area contributed by atoms with E-state index in [4.69, 9.17) is 5.73 Å². The molecule has 17 heavy (non-hydrogen) atoms. The second-order valence-corrected chi connectivity index (χ2v) is 4.13. The Kier molecular flexibility index (Phi) is 5.49. The fourth-order valence-corrected chi connectivity index (χ4v) is 1.58. The molecule has 0 atom stereocenters. The summed E-state index contributed by atoms with van der Waals surface area (Å²) in [5.74, 6) is -0.200. The van der Waals surface area contributed by atoms with Crippen LogP contribution in [0.4, 0.5) is 0 Å². The number of nitrogens with one attached hydrogen (secondary N) is 1. The minimum absolute atomic E-state index is 0.0232. The molecule has 0 radical (unpaired) electrons. The molecule has 1 aromatic carbocycles. The topological polar surface area (TPSA) is 75.3 Å². The van der Waals surface area contributed by atoms with Crippen LogP contribution in [0, 0.1) is 6.92 Å². The number of phenols is 1. The molecule has 4 nitrogen and oxygen atoms in total. The quantitative estimate of drug-likeness (QED) is 0.656. The van der Waals surface area contributed by atoms with E-state index >= 15 is 0 Å². The molecule has 0 spiro atoms. The van der Waals surface area contributed by atoms with Crippen LogP contribution in [0.1, 0.15) is 35.2 Å². The van der Waals surface area contributed by atoms with Gasteiger partial charge in [0.2, 0.25) is 0 Å². The summed E-state index contributed by atoms with van der Waals surface area (Å²) in [6, 6.07) is 5.00. The zero-order valence-corrected chi connectivity index (χ0v) is 10.2. The average molecular weight is 236 g/mol. The molecule has 0 unspecified atom stereocenters. The van der Waals surface area contributed by atoms with Gasteiger partial charge in [-0.25, -0.2) is 0 Å². The Hall–Kier alpha value is -1.55. The van der Waals surface area contributed by atoms with Gasteiger partial charge in [0.05, 0.1) is 5.56 Å². The third-order valence-electron chi connectivity index (χ3n) is 2.56. The van der Waals surface area contributed by atoms with E-state index in [0.717, 1.165) is 24.8 Å². The van der Waals surface area contributed by atoms with Gasteiger partial charge in [-0.2, -0.15) is 0 Å². The molecular weight excluding hydrogens is 216 g/mol. The number of benzene rings is 1. The Morgan fingerprint density at radius 3 is 2.82 bits per heavy atom. The van der Waals surface area contributed by atoms with Crippen molar-refractivity contribution in [2.75, 3.05) is 13.1 Å². The number of carbonyl (C=O) groups excluding carboxylic acids is 1. The molecule has 0 aromatic heterocycles. The average Bonchev–Trinajstić information content (AvgIpc) is 2.32. The highest BCUT2D eigenvalue weighted by atomic mass is 16.3. The standard InChI is InChI=1S/C13H20N2O2/c1-10-5-6-12(16)11(9-10)13(17)15-8-4-2-3-7-14/h5-6,9,16H,2-4,7-8,14H2,1H3,(H,15,17). The van der Waals surface area contributed by atoms with Crippen LogP contribution in [0.3, 0.4) is 0 Å². The van der Waals surface area contributed by atoms with E-state index < -0.39 is 0 Å². The molecule has 1 aromatic rings. The summed E-state index contributed by atoms with van der Waals surface area (Å²) in [6.07, 6.45) is 2.90. The third kappa shape index (κ3) is 4.44. The van der Waals surface area contributed by atoms with E-state index in [0.29, 0.717) is 18.7 Å². The van der Waals surface area contributed by atoms with Crippen LogP contribution in [0.15, 0.2) is 18.2 Å². The monoisotopic (exact) mass is 236 g/mol. The molecule has 0 saturated heterocycles. The number of aromatic hydroxyl groups is 1. The van der Waals surface area contributed by atoms with Crippen LogP contribution in [-0.2, 0) is 0 Å². The number of rotatable bonds is 6. The summed E-state index contributed by atoms with van der Waals surface area (Å²) in [4.78, 5) is 11.8. The van der Waals surface area contributed by atoms with Crippen molar-refractivity contribution >= 4 is 5.91 Å². The Balaban J connectivity index is 2.44. The summed E-state index contributed by atoms with van der Waals surface area (Å²) >= 11 is 0. The summed E-state index contributed by atoms with van der Waals surface area (Å²) in [6.45, 7) is 3.19. The van der Waals surface area contributed by atoms with Crippen LogP contribution in [0.5, 0.6) is 5.75 Å². The summed E-state index contributed by atoms with van der Waals surface area (Å²) in [5, 5.41) is 12.4. The molecule has 0 bridgehead atoms. The number of carbonyl (C=O) groups is 1. The molecule has 4 N–H and O–H groups in total. The lowest BCUT2D eigenvalue weighted by atomic mass is 10.1. The molecule has 0 fully saturated rings. The van der Waals surface area contributed by atoms with E-state index in [-0.39, 0.29) is 11.7 Å². The van der Waals surface area contributed by atoms with Gasteiger partial charge in [0.25, 0.3) is 5.91 Å². The van der Waals surface area contributed by atoms with Gasteiger partial charge >= 0.3 is 0 Å². The highest BCUT2D eigenvalue weighted by molar-refractivity contribution is 5.96. The molecule has 0 saturated carbocycles. The fourth-order valence-electron chi connectivity index (χ4n) is 1.58. The van der Waals surface area contributed by atoms with Gasteiger partial charge in [0.1, 0.15) is 5.75 Å². The summed E-state index contributed by atoms with van der Waals surface area (Å²) in [5.41, 5.74) is 6.67. The second kappa shape index (κ2) is 6.91. The van der Waals surface area contributed by atoms with Crippen molar-refractivity contribution < 1.29 is 9.90 Å². The van der Waals surface area contributed by atoms with Gasteiger partial charge in [-0.05, 0) is 38.4 Å². The molecule has 0 aliphatic carbocycles. The van der Waals surface area contributed by atoms with E-state index in [1.54, 1.807) is 18.2 Å². The highest BCUT2D eigenvalue weighted by Crippen LogP contribution is 2.17. The van der Waals surface area contributed by atoms with Crippen molar-refractivity contribution in [3.63, 3.8) is 0 Å². The minimum Gasteiger partial charge on any atom is -0.507 e. The lowest BCUT2D eigenvalue weighted by molar-refractivity contribution is 0.0950. The maximum absolute atomic E-state index is 11.8. The van der Waals surface area contributed by atoms with Crippen molar-refractivity contribution in [2.24, 2.45) is 5.73 Å². The first-order chi connectivity index (χ1) is 8.15. The van der Waals surface area contributed by atoms with Crippen LogP contribution < -0.4 is 11.1 Å². The summed E-state index contributed by atoms with van der Waals surface area (Å²) in [7, 11) is 0. The molecule has 0 heterocycles. The van der Waals surface area contributed by atoms with Crippen molar-refractivity contribution in [3.8, 4) is 5.75 Å². The number of unbranched alkanes of at least 4 members (excludes halogenated alkanes) is 2. The number of aryl methyl sites for hydroxylation is 1. The first kappa shape index (κ1) is 13.5. The molecule has 4 heteroatoms. The van der Waals surface area contributed by atoms with E-state index in [1.165, 1.54) is 0 Å². The van der Waals surface area contributed by atoms with Crippen LogP contribution in [0.2, 0.25) is 0 Å². The third-order valence-corrected chi connectivity index (χ3v) is 2.56. The first-order valence-electron chi connectivity index (χ1n) is 5.93. The zero-order chi connectivity index (χ0) is 12.7. The normalized spacial score (nSPS) is 10.2. The lowest BCUT2D eigenvalue weighted by Crippen LogP contribution is -2.24. The predicted molar refractivity (Wildman–Crippen MR) is 68.1 cm³/mol. The van der Waals surface area contributed by atoms with Crippen molar-refractivity contribution in [2.45, 2.75) is 26.2 Å². The van der Waals surface area contributed by atoms with E-state index in [2.05, 4.69) is 5.32 Å². The predicted octanol–water partition coefficient (Wildman–Crippen LogP) is 1.56. The molecular formula is C13H20N2O2. The van der Waals surface area contributed by atoms with E-state index in [1.807, 2.05) is 6.92 Å². The Labute approximate surface area is 102 Å². The Bertz CT molecular complexity index is 378. The van der Waals surface area contributed by atoms with Gasteiger partial charge in [-0.1, -0.05) is 18.1 Å². The Morgan fingerprint density at radius 2 is 2.12 bits per heavy atom. The van der Waals surface area contributed by atoms with Crippen LogP contribution in [0.25, 0.3) is 0 Å². The van der Waals surface area contributed by atoms with Gasteiger partial charge < -0.3 is 16.2 Å². The van der Waals surface area contributed by atoms with Crippen LogP contribution in [-0.4, -0.2) is 24.1 Å². The lowest BCUT2D eigenvalue weighted by Gasteiger charge is -2.07. The van der Waals surface area contributed by atoms with Gasteiger partial charge in [0.15, 0.2) is 0 Å². The fraction of sp³-hybridized carbons (Fsp3) is 0.462. The van der Waals surface area contributed by atoms with Gasteiger partial charge in [-0.3, -0.25) is 4.79 Å². The number of hydrogen-bond acceptors (Lipinski definition) is 3. The van der Waals surface area contributed by atoms with Crippen molar-refractivity contribution in [3.05, 3.63) is 29.3 Å². The maximum atomic E-state index is 11.8. The van der Waals surface area contributed by atoms with Gasteiger partial charge in [-0.15, -0.1) is 0 Å². The van der Waals surface area contributed by atoms with E-state index in [9.17, 15) is 9.90 Å². The molecule has 0 aliphatic rings. The number of amides is 1. The zero-order valence-electron chi connectivity index (χ0n) is 10.2. The summed E-state index contributed by atoms with van der Waals surface area (Å²) < 4.78 is 0. The molecule has 1 rings (SSSR count).